The van der Waals surface area contributed by atoms with Crippen LogP contribution in [0.2, 0.25) is 5.15 Å². The van der Waals surface area contributed by atoms with E-state index in [0.29, 0.717) is 10.0 Å². The Bertz CT molecular complexity index is 375. The molecule has 1 aromatic heterocycles. The second-order valence-electron chi connectivity index (χ2n) is 3.50. The molecule has 0 atom stereocenters. The first-order valence-electron chi connectivity index (χ1n) is 5.66. The molecule has 17 heavy (non-hydrogen) atoms. The second-order valence-corrected chi connectivity index (χ2v) is 4.85. The zero-order chi connectivity index (χ0) is 12.5. The van der Waals surface area contributed by atoms with E-state index >= 15 is 0 Å². The fraction of sp³-hybridized carbons (Fsp3) is 0.636. The summed E-state index contributed by atoms with van der Waals surface area (Å²) < 4.78 is 5.43. The maximum Gasteiger partial charge on any atom is 0.185 e. The fourth-order valence-corrected chi connectivity index (χ4v) is 2.14. The lowest BCUT2D eigenvalue weighted by Crippen LogP contribution is -2.06. The number of hydrogen-bond donors (Lipinski definition) is 1. The van der Waals surface area contributed by atoms with Gasteiger partial charge >= 0.3 is 0 Å². The predicted molar refractivity (Wildman–Crippen MR) is 70.7 cm³/mol. The monoisotopic (exact) mass is 273 g/mol. The third-order valence-electron chi connectivity index (χ3n) is 2.07. The van der Waals surface area contributed by atoms with Gasteiger partial charge in [0.05, 0.1) is 0 Å². The fourth-order valence-electron chi connectivity index (χ4n) is 1.16. The number of nitrogens with zero attached hydrogens (tertiary/aromatic N) is 2. The molecule has 6 heteroatoms. The Morgan fingerprint density at radius 1 is 1.47 bits per heavy atom. The van der Waals surface area contributed by atoms with Crippen LogP contribution >= 0.6 is 22.9 Å². The number of rotatable bonds is 8. The molecule has 0 amide bonds. The van der Waals surface area contributed by atoms with Crippen LogP contribution in [-0.4, -0.2) is 24.7 Å². The summed E-state index contributed by atoms with van der Waals surface area (Å²) >= 11 is 7.03. The molecule has 0 bridgehead atoms. The highest BCUT2D eigenvalue weighted by Crippen LogP contribution is 2.25. The lowest BCUT2D eigenvalue weighted by Gasteiger charge is -2.03. The van der Waals surface area contributed by atoms with Crippen molar-refractivity contribution in [2.45, 2.75) is 26.2 Å². The standard InChI is InChI=1S/C11H16ClN3OS/c1-2-3-6-16-7-4-5-14-11-15-10(12)9(8-13)17-11/h2-7H2,1H3,(H,14,15). The Balaban J connectivity index is 2.12. The van der Waals surface area contributed by atoms with E-state index < -0.39 is 0 Å². The number of ether oxygens (including phenoxy) is 1. The van der Waals surface area contributed by atoms with Crippen LogP contribution in [0.5, 0.6) is 0 Å². The number of thiazole rings is 1. The van der Waals surface area contributed by atoms with Crippen LogP contribution in [0.1, 0.15) is 31.1 Å². The number of nitrogens with one attached hydrogen (secondary N) is 1. The van der Waals surface area contributed by atoms with Gasteiger partial charge in [0.25, 0.3) is 0 Å². The number of nitriles is 1. The minimum Gasteiger partial charge on any atom is -0.381 e. The minimum atomic E-state index is 0.277. The van der Waals surface area contributed by atoms with E-state index in [4.69, 9.17) is 21.6 Å². The summed E-state index contributed by atoms with van der Waals surface area (Å²) in [6.45, 7) is 4.50. The molecule has 0 aromatic carbocycles. The lowest BCUT2D eigenvalue weighted by atomic mass is 10.4. The average molecular weight is 274 g/mol. The van der Waals surface area contributed by atoms with Gasteiger partial charge in [-0.05, 0) is 12.8 Å². The number of anilines is 1. The smallest absolute Gasteiger partial charge is 0.185 e. The SMILES string of the molecule is CCCCOCCCNc1nc(Cl)c(C#N)s1. The van der Waals surface area contributed by atoms with Crippen LogP contribution < -0.4 is 5.32 Å². The minimum absolute atomic E-state index is 0.277. The van der Waals surface area contributed by atoms with Gasteiger partial charge in [-0.2, -0.15) is 5.26 Å². The molecule has 1 rings (SSSR count). The Kier molecular flexibility index (Phi) is 6.94. The van der Waals surface area contributed by atoms with Crippen LogP contribution in [-0.2, 0) is 4.74 Å². The van der Waals surface area contributed by atoms with Crippen LogP contribution in [0, 0.1) is 11.3 Å². The summed E-state index contributed by atoms with van der Waals surface area (Å²) in [4.78, 5) is 4.49. The summed E-state index contributed by atoms with van der Waals surface area (Å²) in [5.41, 5.74) is 0. The summed E-state index contributed by atoms with van der Waals surface area (Å²) in [6, 6.07) is 2.00. The van der Waals surface area contributed by atoms with E-state index in [1.165, 1.54) is 11.3 Å². The Hall–Kier alpha value is -0.830. The Labute approximate surface area is 111 Å². The van der Waals surface area contributed by atoms with E-state index in [2.05, 4.69) is 17.2 Å². The highest BCUT2D eigenvalue weighted by Gasteiger charge is 2.07. The van der Waals surface area contributed by atoms with Gasteiger partial charge in [0.1, 0.15) is 10.9 Å². The molecular weight excluding hydrogens is 258 g/mol. The Morgan fingerprint density at radius 3 is 2.88 bits per heavy atom. The van der Waals surface area contributed by atoms with Gasteiger partial charge in [-0.1, -0.05) is 36.3 Å². The summed E-state index contributed by atoms with van der Waals surface area (Å²) in [5, 5.41) is 12.8. The third-order valence-corrected chi connectivity index (χ3v) is 3.37. The number of halogens is 1. The van der Waals surface area contributed by atoms with Gasteiger partial charge in [-0.15, -0.1) is 0 Å². The lowest BCUT2D eigenvalue weighted by molar-refractivity contribution is 0.131. The van der Waals surface area contributed by atoms with Crippen LogP contribution in [0.4, 0.5) is 5.13 Å². The molecule has 1 heterocycles. The highest BCUT2D eigenvalue weighted by molar-refractivity contribution is 7.16. The molecule has 0 saturated heterocycles. The average Bonchev–Trinajstić information content (AvgIpc) is 2.68. The van der Waals surface area contributed by atoms with Crippen molar-refractivity contribution in [3.05, 3.63) is 10.0 Å². The van der Waals surface area contributed by atoms with E-state index in [1.54, 1.807) is 0 Å². The molecule has 0 unspecified atom stereocenters. The quantitative estimate of drug-likeness (QED) is 0.739. The largest absolute Gasteiger partial charge is 0.381 e. The van der Waals surface area contributed by atoms with E-state index in [0.717, 1.165) is 39.0 Å². The Morgan fingerprint density at radius 2 is 2.24 bits per heavy atom. The molecule has 0 aliphatic heterocycles. The molecule has 0 aliphatic carbocycles. The molecule has 94 valence electrons. The van der Waals surface area contributed by atoms with E-state index in [9.17, 15) is 0 Å². The van der Waals surface area contributed by atoms with Crippen molar-refractivity contribution in [1.82, 2.24) is 4.98 Å². The van der Waals surface area contributed by atoms with Gasteiger partial charge in [0, 0.05) is 19.8 Å². The number of hydrogen-bond acceptors (Lipinski definition) is 5. The van der Waals surface area contributed by atoms with Crippen molar-refractivity contribution < 1.29 is 4.74 Å². The van der Waals surface area contributed by atoms with E-state index in [1.807, 2.05) is 6.07 Å². The maximum atomic E-state index is 8.71. The first-order valence-corrected chi connectivity index (χ1v) is 6.85. The van der Waals surface area contributed by atoms with Gasteiger partial charge in [0.2, 0.25) is 0 Å². The summed E-state index contributed by atoms with van der Waals surface area (Å²) in [5.74, 6) is 0. The first-order chi connectivity index (χ1) is 8.27. The summed E-state index contributed by atoms with van der Waals surface area (Å²) in [6.07, 6.45) is 3.19. The normalized spacial score (nSPS) is 10.2. The van der Waals surface area contributed by atoms with Crippen molar-refractivity contribution in [2.75, 3.05) is 25.1 Å². The third kappa shape index (κ3) is 5.35. The number of unbranched alkanes of at least 4 members (excludes halogenated alkanes) is 1. The molecule has 0 radical (unpaired) electrons. The molecule has 1 aromatic rings. The summed E-state index contributed by atoms with van der Waals surface area (Å²) in [7, 11) is 0. The zero-order valence-corrected chi connectivity index (χ0v) is 11.4. The maximum absolute atomic E-state index is 8.71. The number of aromatic nitrogens is 1. The van der Waals surface area contributed by atoms with Crippen molar-refractivity contribution in [1.29, 1.82) is 5.26 Å². The molecule has 0 saturated carbocycles. The predicted octanol–water partition coefficient (Wildman–Crippen LogP) is 3.29. The van der Waals surface area contributed by atoms with Crippen molar-refractivity contribution in [2.24, 2.45) is 0 Å². The van der Waals surface area contributed by atoms with Gasteiger partial charge < -0.3 is 10.1 Å². The molecule has 0 fully saturated rings. The van der Waals surface area contributed by atoms with Crippen LogP contribution in [0.15, 0.2) is 0 Å². The topological polar surface area (TPSA) is 57.9 Å². The molecule has 0 spiro atoms. The molecular formula is C11H16ClN3OS. The van der Waals surface area contributed by atoms with Crippen LogP contribution in [0.3, 0.4) is 0 Å². The van der Waals surface area contributed by atoms with Gasteiger partial charge in [0.15, 0.2) is 10.3 Å². The molecule has 1 N–H and O–H groups in total. The molecule has 0 aliphatic rings. The molecule has 4 nitrogen and oxygen atoms in total. The highest BCUT2D eigenvalue weighted by atomic mass is 35.5. The second kappa shape index (κ2) is 8.29. The van der Waals surface area contributed by atoms with Crippen molar-refractivity contribution >= 4 is 28.1 Å². The first kappa shape index (κ1) is 14.2. The van der Waals surface area contributed by atoms with Crippen LogP contribution in [0.25, 0.3) is 0 Å². The van der Waals surface area contributed by atoms with Crippen molar-refractivity contribution in [3.63, 3.8) is 0 Å². The van der Waals surface area contributed by atoms with Gasteiger partial charge in [-0.25, -0.2) is 4.98 Å². The van der Waals surface area contributed by atoms with E-state index in [-0.39, 0.29) is 5.15 Å². The van der Waals surface area contributed by atoms with Gasteiger partial charge in [-0.3, -0.25) is 0 Å². The van der Waals surface area contributed by atoms with Crippen molar-refractivity contribution in [3.8, 4) is 6.07 Å². The zero-order valence-electron chi connectivity index (χ0n) is 9.83.